The highest BCUT2D eigenvalue weighted by atomic mass is 16.5. The fraction of sp³-hybridized carbons (Fsp3) is 0.611. The quantitative estimate of drug-likeness (QED) is 0.899. The van der Waals surface area contributed by atoms with E-state index in [9.17, 15) is 4.79 Å². The zero-order valence-electron chi connectivity index (χ0n) is 13.7. The van der Waals surface area contributed by atoms with E-state index in [1.54, 1.807) is 12.1 Å². The average molecular weight is 318 g/mol. The van der Waals surface area contributed by atoms with Gasteiger partial charge < -0.3 is 15.2 Å². The van der Waals surface area contributed by atoms with E-state index in [0.29, 0.717) is 23.6 Å². The van der Waals surface area contributed by atoms with Crippen LogP contribution in [0, 0.1) is 5.92 Å². The monoisotopic (exact) mass is 318 g/mol. The molecule has 1 aromatic carbocycles. The summed E-state index contributed by atoms with van der Waals surface area (Å²) in [5, 5.41) is 0. The number of nitrogens with zero attached hydrogens (tertiary/aromatic N) is 1. The zero-order chi connectivity index (χ0) is 16.2. The fourth-order valence-corrected chi connectivity index (χ4v) is 3.94. The molecule has 2 aliphatic rings. The van der Waals surface area contributed by atoms with Gasteiger partial charge in [-0.3, -0.25) is 9.69 Å². The number of amides is 1. The lowest BCUT2D eigenvalue weighted by molar-refractivity contribution is -0.0608. The van der Waals surface area contributed by atoms with Gasteiger partial charge in [0.1, 0.15) is 0 Å². The molecule has 3 rings (SSSR count). The summed E-state index contributed by atoms with van der Waals surface area (Å²) in [6, 6.07) is 8.01. The normalized spacial score (nSPS) is 28.8. The van der Waals surface area contributed by atoms with Crippen LogP contribution in [0.3, 0.4) is 0 Å². The highest BCUT2D eigenvalue weighted by Crippen LogP contribution is 2.34. The van der Waals surface area contributed by atoms with E-state index in [1.807, 2.05) is 19.2 Å². The lowest BCUT2D eigenvalue weighted by Gasteiger charge is -2.40. The largest absolute Gasteiger partial charge is 0.381 e. The molecule has 5 nitrogen and oxygen atoms in total. The number of carbonyl (C=O) groups is 1. The maximum absolute atomic E-state index is 11.2. The van der Waals surface area contributed by atoms with Crippen LogP contribution in [0.25, 0.3) is 0 Å². The lowest BCUT2D eigenvalue weighted by Crippen LogP contribution is -2.50. The topological polar surface area (TPSA) is 64.8 Å². The molecular formula is C18H26N2O3. The molecule has 5 heteroatoms. The average Bonchev–Trinajstić information content (AvgIpc) is 3.04. The van der Waals surface area contributed by atoms with E-state index in [1.165, 1.54) is 18.4 Å². The van der Waals surface area contributed by atoms with Crippen molar-refractivity contribution in [3.8, 4) is 0 Å². The number of primary amides is 1. The smallest absolute Gasteiger partial charge is 0.248 e. The molecule has 2 N–H and O–H groups in total. The first-order valence-electron chi connectivity index (χ1n) is 8.42. The molecule has 126 valence electrons. The molecule has 1 saturated carbocycles. The van der Waals surface area contributed by atoms with Gasteiger partial charge in [-0.05, 0) is 30.5 Å². The van der Waals surface area contributed by atoms with Crippen molar-refractivity contribution in [3.63, 3.8) is 0 Å². The molecule has 2 fully saturated rings. The molecular weight excluding hydrogens is 292 g/mol. The lowest BCUT2D eigenvalue weighted by atomic mass is 9.93. The van der Waals surface area contributed by atoms with Crippen molar-refractivity contribution in [3.05, 3.63) is 35.4 Å². The van der Waals surface area contributed by atoms with Gasteiger partial charge in [0.25, 0.3) is 0 Å². The molecule has 1 amide bonds. The van der Waals surface area contributed by atoms with E-state index in [0.717, 1.165) is 32.7 Å². The summed E-state index contributed by atoms with van der Waals surface area (Å²) in [5.41, 5.74) is 7.06. The molecule has 1 saturated heterocycles. The van der Waals surface area contributed by atoms with Crippen LogP contribution in [0.2, 0.25) is 0 Å². The first-order chi connectivity index (χ1) is 11.2. The number of methoxy groups -OCH3 is 1. The SMILES string of the molecule is CO[C@@H]1CCC[C@@H]1[C@H]1COCCN1Cc1ccc(C(N)=O)cc1. The summed E-state index contributed by atoms with van der Waals surface area (Å²) in [4.78, 5) is 13.7. The van der Waals surface area contributed by atoms with Crippen molar-refractivity contribution in [2.45, 2.75) is 38.0 Å². The van der Waals surface area contributed by atoms with Gasteiger partial charge in [0.05, 0.1) is 19.3 Å². The molecule has 1 aliphatic carbocycles. The summed E-state index contributed by atoms with van der Waals surface area (Å²) in [5.74, 6) is 0.167. The van der Waals surface area contributed by atoms with E-state index < -0.39 is 0 Å². The van der Waals surface area contributed by atoms with Crippen LogP contribution in [-0.4, -0.2) is 49.8 Å². The highest BCUT2D eigenvalue weighted by molar-refractivity contribution is 5.92. The standard InChI is InChI=1S/C18H26N2O3/c1-22-17-4-2-3-15(17)16-12-23-10-9-20(16)11-13-5-7-14(8-6-13)18(19)21/h5-8,15-17H,2-4,9-12H2,1H3,(H2,19,21)/t15-,16-,17-/m1/s1. The van der Waals surface area contributed by atoms with Crippen molar-refractivity contribution < 1.29 is 14.3 Å². The van der Waals surface area contributed by atoms with E-state index in [-0.39, 0.29) is 5.91 Å². The summed E-state index contributed by atoms with van der Waals surface area (Å²) >= 11 is 0. The van der Waals surface area contributed by atoms with E-state index in [4.69, 9.17) is 15.2 Å². The predicted octanol–water partition coefficient (Wildman–Crippen LogP) is 1.80. The van der Waals surface area contributed by atoms with Crippen LogP contribution < -0.4 is 5.73 Å². The second kappa shape index (κ2) is 7.43. The summed E-state index contributed by atoms with van der Waals surface area (Å²) in [6.45, 7) is 3.37. The summed E-state index contributed by atoms with van der Waals surface area (Å²) < 4.78 is 11.4. The molecule has 3 atom stereocenters. The zero-order valence-corrected chi connectivity index (χ0v) is 13.7. The second-order valence-corrected chi connectivity index (χ2v) is 6.54. The van der Waals surface area contributed by atoms with Crippen LogP contribution in [0.4, 0.5) is 0 Å². The van der Waals surface area contributed by atoms with Gasteiger partial charge in [0.15, 0.2) is 0 Å². The number of rotatable bonds is 5. The Morgan fingerprint density at radius 2 is 2.13 bits per heavy atom. The number of benzene rings is 1. The molecule has 0 radical (unpaired) electrons. The molecule has 0 spiro atoms. The van der Waals surface area contributed by atoms with Crippen molar-refractivity contribution >= 4 is 5.91 Å². The van der Waals surface area contributed by atoms with Crippen molar-refractivity contribution in [1.82, 2.24) is 4.90 Å². The minimum atomic E-state index is -0.380. The predicted molar refractivity (Wildman–Crippen MR) is 88.1 cm³/mol. The van der Waals surface area contributed by atoms with E-state index >= 15 is 0 Å². The van der Waals surface area contributed by atoms with Crippen molar-refractivity contribution in [2.75, 3.05) is 26.9 Å². The Kier molecular flexibility index (Phi) is 5.30. The van der Waals surface area contributed by atoms with E-state index in [2.05, 4.69) is 4.90 Å². The number of hydrogen-bond donors (Lipinski definition) is 1. The summed E-state index contributed by atoms with van der Waals surface area (Å²) in [7, 11) is 1.82. The molecule has 0 unspecified atom stereocenters. The maximum Gasteiger partial charge on any atom is 0.248 e. The number of carbonyl (C=O) groups excluding carboxylic acids is 1. The Bertz CT molecular complexity index is 532. The van der Waals surface area contributed by atoms with Gasteiger partial charge in [0.2, 0.25) is 5.91 Å². The van der Waals surface area contributed by atoms with Crippen LogP contribution in [0.5, 0.6) is 0 Å². The third-order valence-electron chi connectivity index (χ3n) is 5.21. The Morgan fingerprint density at radius 3 is 2.83 bits per heavy atom. The van der Waals surface area contributed by atoms with Crippen LogP contribution in [-0.2, 0) is 16.0 Å². The maximum atomic E-state index is 11.2. The minimum absolute atomic E-state index is 0.349. The number of ether oxygens (including phenoxy) is 2. The van der Waals surface area contributed by atoms with Gasteiger partial charge >= 0.3 is 0 Å². The van der Waals surface area contributed by atoms with Crippen molar-refractivity contribution in [2.24, 2.45) is 11.7 Å². The van der Waals surface area contributed by atoms with Gasteiger partial charge in [-0.15, -0.1) is 0 Å². The molecule has 0 aromatic heterocycles. The molecule has 1 heterocycles. The third kappa shape index (κ3) is 3.74. The first kappa shape index (κ1) is 16.4. The minimum Gasteiger partial charge on any atom is -0.381 e. The molecule has 0 bridgehead atoms. The third-order valence-corrected chi connectivity index (χ3v) is 5.21. The second-order valence-electron chi connectivity index (χ2n) is 6.54. The highest BCUT2D eigenvalue weighted by Gasteiger charge is 2.38. The van der Waals surface area contributed by atoms with Crippen LogP contribution in [0.15, 0.2) is 24.3 Å². The Hall–Kier alpha value is -1.43. The number of nitrogens with two attached hydrogens (primary N) is 1. The summed E-state index contributed by atoms with van der Waals surface area (Å²) in [6.07, 6.45) is 3.95. The van der Waals surface area contributed by atoms with Gasteiger partial charge in [-0.2, -0.15) is 0 Å². The van der Waals surface area contributed by atoms with Gasteiger partial charge in [0, 0.05) is 37.7 Å². The Labute approximate surface area is 137 Å². The van der Waals surface area contributed by atoms with Gasteiger partial charge in [-0.25, -0.2) is 0 Å². The first-order valence-corrected chi connectivity index (χ1v) is 8.42. The molecule has 1 aliphatic heterocycles. The number of morpholine rings is 1. The van der Waals surface area contributed by atoms with Crippen LogP contribution in [0.1, 0.15) is 35.2 Å². The fourth-order valence-electron chi connectivity index (χ4n) is 3.94. The Morgan fingerprint density at radius 1 is 1.35 bits per heavy atom. The van der Waals surface area contributed by atoms with Crippen LogP contribution >= 0.6 is 0 Å². The van der Waals surface area contributed by atoms with Crippen molar-refractivity contribution in [1.29, 1.82) is 0 Å². The van der Waals surface area contributed by atoms with Gasteiger partial charge in [-0.1, -0.05) is 18.6 Å². The molecule has 23 heavy (non-hydrogen) atoms. The Balaban J connectivity index is 1.70. The molecule has 1 aromatic rings. The number of hydrogen-bond acceptors (Lipinski definition) is 4.